The first-order valence-electron chi connectivity index (χ1n) is 8.74. The van der Waals surface area contributed by atoms with Crippen molar-refractivity contribution in [2.24, 2.45) is 0 Å². The standard InChI is InChI=1S/C20H21N3O4S/c1-26-16-9-7-14(13-17(16)27-2)21-19(24)6-3-11-23-20(25)10-8-15(22-23)18-5-4-12-28-18/h4-5,7-10,12-13H,3,6,11H2,1-2H3,(H,21,24). The Morgan fingerprint density at radius 2 is 1.96 bits per heavy atom. The van der Waals surface area contributed by atoms with Crippen LogP contribution in [0.5, 0.6) is 11.5 Å². The summed E-state index contributed by atoms with van der Waals surface area (Å²) in [6.07, 6.45) is 0.769. The number of carbonyl (C=O) groups is 1. The van der Waals surface area contributed by atoms with Gasteiger partial charge in [0.1, 0.15) is 5.69 Å². The number of thiophene rings is 1. The molecule has 2 aromatic heterocycles. The van der Waals surface area contributed by atoms with Crippen LogP contribution in [-0.2, 0) is 11.3 Å². The predicted octanol–water partition coefficient (Wildman–Crippen LogP) is 3.41. The van der Waals surface area contributed by atoms with E-state index in [0.717, 1.165) is 10.6 Å². The van der Waals surface area contributed by atoms with Crippen molar-refractivity contribution in [2.75, 3.05) is 19.5 Å². The molecule has 7 nitrogen and oxygen atoms in total. The fraction of sp³-hybridized carbons (Fsp3) is 0.250. The molecule has 0 saturated carbocycles. The molecule has 2 heterocycles. The number of rotatable bonds is 8. The van der Waals surface area contributed by atoms with Gasteiger partial charge in [-0.1, -0.05) is 6.07 Å². The molecule has 0 spiro atoms. The zero-order chi connectivity index (χ0) is 19.9. The van der Waals surface area contributed by atoms with Crippen LogP contribution in [0.3, 0.4) is 0 Å². The van der Waals surface area contributed by atoms with Crippen LogP contribution in [0.1, 0.15) is 12.8 Å². The largest absolute Gasteiger partial charge is 0.493 e. The zero-order valence-electron chi connectivity index (χ0n) is 15.7. The van der Waals surface area contributed by atoms with Gasteiger partial charge in [0, 0.05) is 30.8 Å². The average Bonchev–Trinajstić information content (AvgIpc) is 3.24. The van der Waals surface area contributed by atoms with Gasteiger partial charge in [0.2, 0.25) is 5.91 Å². The predicted molar refractivity (Wildman–Crippen MR) is 109 cm³/mol. The Bertz CT molecular complexity index is 999. The Labute approximate surface area is 166 Å². The van der Waals surface area contributed by atoms with E-state index in [9.17, 15) is 9.59 Å². The molecule has 0 bridgehead atoms. The minimum Gasteiger partial charge on any atom is -0.493 e. The molecule has 28 heavy (non-hydrogen) atoms. The minimum atomic E-state index is -0.180. The quantitative estimate of drug-likeness (QED) is 0.628. The lowest BCUT2D eigenvalue weighted by Crippen LogP contribution is -2.23. The minimum absolute atomic E-state index is 0.144. The van der Waals surface area contributed by atoms with E-state index in [1.54, 1.807) is 49.8 Å². The summed E-state index contributed by atoms with van der Waals surface area (Å²) in [4.78, 5) is 25.2. The number of ether oxygens (including phenoxy) is 2. The molecule has 1 aromatic carbocycles. The summed E-state index contributed by atoms with van der Waals surface area (Å²) in [5.41, 5.74) is 1.20. The van der Waals surface area contributed by atoms with Gasteiger partial charge in [-0.2, -0.15) is 5.10 Å². The van der Waals surface area contributed by atoms with Crippen molar-refractivity contribution in [1.82, 2.24) is 9.78 Å². The number of amides is 1. The molecular weight excluding hydrogens is 378 g/mol. The third-order valence-electron chi connectivity index (χ3n) is 4.08. The Hall–Kier alpha value is -3.13. The topological polar surface area (TPSA) is 82.5 Å². The Kier molecular flexibility index (Phi) is 6.44. The number of benzene rings is 1. The number of methoxy groups -OCH3 is 2. The lowest BCUT2D eigenvalue weighted by atomic mass is 10.2. The fourth-order valence-corrected chi connectivity index (χ4v) is 3.38. The van der Waals surface area contributed by atoms with Crippen molar-refractivity contribution in [1.29, 1.82) is 0 Å². The first-order chi connectivity index (χ1) is 13.6. The van der Waals surface area contributed by atoms with Gasteiger partial charge in [0.15, 0.2) is 11.5 Å². The van der Waals surface area contributed by atoms with Gasteiger partial charge in [0.05, 0.1) is 19.1 Å². The van der Waals surface area contributed by atoms with E-state index in [1.165, 1.54) is 10.7 Å². The summed E-state index contributed by atoms with van der Waals surface area (Å²) in [5.74, 6) is 0.993. The normalized spacial score (nSPS) is 10.5. The van der Waals surface area contributed by atoms with Crippen LogP contribution in [0, 0.1) is 0 Å². The number of anilines is 1. The molecule has 0 atom stereocenters. The summed E-state index contributed by atoms with van der Waals surface area (Å²) < 4.78 is 11.8. The molecule has 0 unspecified atom stereocenters. The Morgan fingerprint density at radius 1 is 1.14 bits per heavy atom. The third-order valence-corrected chi connectivity index (χ3v) is 4.97. The van der Waals surface area contributed by atoms with E-state index in [0.29, 0.717) is 30.2 Å². The molecule has 0 fully saturated rings. The fourth-order valence-electron chi connectivity index (χ4n) is 2.69. The molecule has 1 N–H and O–H groups in total. The molecule has 0 radical (unpaired) electrons. The van der Waals surface area contributed by atoms with Crippen molar-refractivity contribution in [3.8, 4) is 22.1 Å². The highest BCUT2D eigenvalue weighted by molar-refractivity contribution is 7.13. The molecule has 8 heteroatoms. The second-order valence-electron chi connectivity index (χ2n) is 5.98. The van der Waals surface area contributed by atoms with Crippen LogP contribution in [0.15, 0.2) is 52.6 Å². The zero-order valence-corrected chi connectivity index (χ0v) is 16.5. The van der Waals surface area contributed by atoms with Crippen molar-refractivity contribution in [2.45, 2.75) is 19.4 Å². The lowest BCUT2D eigenvalue weighted by molar-refractivity contribution is -0.116. The molecule has 0 aliphatic heterocycles. The second kappa shape index (κ2) is 9.18. The van der Waals surface area contributed by atoms with E-state index in [4.69, 9.17) is 9.47 Å². The van der Waals surface area contributed by atoms with Gasteiger partial charge in [-0.05, 0) is 36.1 Å². The first-order valence-corrected chi connectivity index (χ1v) is 9.62. The maximum absolute atomic E-state index is 12.2. The van der Waals surface area contributed by atoms with Gasteiger partial charge >= 0.3 is 0 Å². The first kappa shape index (κ1) is 19.6. The van der Waals surface area contributed by atoms with Crippen molar-refractivity contribution in [3.05, 3.63) is 58.2 Å². The van der Waals surface area contributed by atoms with E-state index in [-0.39, 0.29) is 17.9 Å². The van der Waals surface area contributed by atoms with Crippen LogP contribution >= 0.6 is 11.3 Å². The van der Waals surface area contributed by atoms with Crippen molar-refractivity contribution in [3.63, 3.8) is 0 Å². The van der Waals surface area contributed by atoms with Crippen LogP contribution in [0.25, 0.3) is 10.6 Å². The van der Waals surface area contributed by atoms with Crippen LogP contribution in [0.4, 0.5) is 5.69 Å². The number of aryl methyl sites for hydroxylation is 1. The smallest absolute Gasteiger partial charge is 0.266 e. The Balaban J connectivity index is 1.57. The van der Waals surface area contributed by atoms with Gasteiger partial charge in [0.25, 0.3) is 5.56 Å². The maximum atomic E-state index is 12.2. The molecule has 0 aliphatic rings. The maximum Gasteiger partial charge on any atom is 0.266 e. The molecule has 1 amide bonds. The van der Waals surface area contributed by atoms with Crippen molar-refractivity contribution < 1.29 is 14.3 Å². The van der Waals surface area contributed by atoms with E-state index in [2.05, 4.69) is 10.4 Å². The summed E-state index contributed by atoms with van der Waals surface area (Å²) in [7, 11) is 3.10. The number of nitrogens with one attached hydrogen (secondary N) is 1. The van der Waals surface area contributed by atoms with Crippen LogP contribution < -0.4 is 20.3 Å². The van der Waals surface area contributed by atoms with Crippen LogP contribution in [0.2, 0.25) is 0 Å². The second-order valence-corrected chi connectivity index (χ2v) is 6.93. The summed E-state index contributed by atoms with van der Waals surface area (Å²) in [6, 6.07) is 12.3. The molecule has 3 rings (SSSR count). The highest BCUT2D eigenvalue weighted by Crippen LogP contribution is 2.29. The van der Waals surface area contributed by atoms with Gasteiger partial charge < -0.3 is 14.8 Å². The van der Waals surface area contributed by atoms with E-state index >= 15 is 0 Å². The van der Waals surface area contributed by atoms with Crippen molar-refractivity contribution >= 4 is 22.9 Å². The number of hydrogen-bond donors (Lipinski definition) is 1. The molecule has 0 aliphatic carbocycles. The Morgan fingerprint density at radius 3 is 2.68 bits per heavy atom. The summed E-state index contributed by atoms with van der Waals surface area (Å²) in [5, 5.41) is 9.18. The number of nitrogens with zero attached hydrogens (tertiary/aromatic N) is 2. The number of aromatic nitrogens is 2. The van der Waals surface area contributed by atoms with Gasteiger partial charge in [-0.15, -0.1) is 11.3 Å². The third kappa shape index (κ3) is 4.77. The lowest BCUT2D eigenvalue weighted by Gasteiger charge is -2.11. The highest BCUT2D eigenvalue weighted by atomic mass is 32.1. The number of carbonyl (C=O) groups excluding carboxylic acids is 1. The van der Waals surface area contributed by atoms with Gasteiger partial charge in [-0.25, -0.2) is 4.68 Å². The summed E-state index contributed by atoms with van der Waals surface area (Å²) >= 11 is 1.56. The van der Waals surface area contributed by atoms with E-state index < -0.39 is 0 Å². The molecule has 0 saturated heterocycles. The van der Waals surface area contributed by atoms with Gasteiger partial charge in [-0.3, -0.25) is 9.59 Å². The summed E-state index contributed by atoms with van der Waals surface area (Å²) in [6.45, 7) is 0.372. The highest BCUT2D eigenvalue weighted by Gasteiger charge is 2.09. The monoisotopic (exact) mass is 399 g/mol. The SMILES string of the molecule is COc1ccc(NC(=O)CCCn2nc(-c3cccs3)ccc2=O)cc1OC. The molecular formula is C20H21N3O4S. The van der Waals surface area contributed by atoms with E-state index in [1.807, 2.05) is 17.5 Å². The number of hydrogen-bond acceptors (Lipinski definition) is 6. The molecule has 3 aromatic rings. The molecule has 146 valence electrons. The van der Waals surface area contributed by atoms with Crippen LogP contribution in [-0.4, -0.2) is 29.9 Å². The average molecular weight is 399 g/mol.